The Bertz CT molecular complexity index is 1290. The monoisotopic (exact) mass is 566 g/mol. The molecule has 2 aromatic carbocycles. The molecule has 0 radical (unpaired) electrons. The number of aliphatic hydroxyl groups is 1. The van der Waals surface area contributed by atoms with Crippen LogP contribution in [-0.2, 0) is 33.8 Å². The summed E-state index contributed by atoms with van der Waals surface area (Å²) < 4.78 is 64.0. The number of fused-ring (bicyclic) bond motifs is 1. The zero-order valence-electron chi connectivity index (χ0n) is 22.4. The maximum Gasteiger partial charge on any atom is 0.416 e. The normalized spacial score (nSPS) is 19.8. The summed E-state index contributed by atoms with van der Waals surface area (Å²) in [6, 6.07) is 9.54. The van der Waals surface area contributed by atoms with Crippen LogP contribution in [-0.4, -0.2) is 48.3 Å². The first-order valence-corrected chi connectivity index (χ1v) is 15.0. The Balaban J connectivity index is 1.42. The molecule has 4 rings (SSSR count). The number of hydrogen-bond donors (Lipinski definition) is 2. The molecule has 0 spiro atoms. The fraction of sp³-hybridized carbons (Fsp3) is 0.552. The minimum absolute atomic E-state index is 0.249. The van der Waals surface area contributed by atoms with Gasteiger partial charge in [-0.05, 0) is 93.9 Å². The van der Waals surface area contributed by atoms with Crippen molar-refractivity contribution in [3.63, 3.8) is 0 Å². The van der Waals surface area contributed by atoms with Gasteiger partial charge in [0.25, 0.3) is 0 Å². The summed E-state index contributed by atoms with van der Waals surface area (Å²) >= 11 is 0. The molecule has 10 heteroatoms. The van der Waals surface area contributed by atoms with Crippen LogP contribution in [0.5, 0.6) is 0 Å². The maximum atomic E-state index is 13.2. The molecule has 39 heavy (non-hydrogen) atoms. The lowest BCUT2D eigenvalue weighted by molar-refractivity contribution is -0.137. The number of halogens is 3. The lowest BCUT2D eigenvalue weighted by Gasteiger charge is -2.32. The van der Waals surface area contributed by atoms with Gasteiger partial charge in [-0.1, -0.05) is 30.7 Å². The highest BCUT2D eigenvalue weighted by atomic mass is 32.2. The van der Waals surface area contributed by atoms with E-state index in [1.807, 2.05) is 0 Å². The van der Waals surface area contributed by atoms with Crippen LogP contribution in [0.2, 0.25) is 0 Å². The van der Waals surface area contributed by atoms with E-state index < -0.39 is 49.7 Å². The molecule has 1 amide bonds. The first-order chi connectivity index (χ1) is 18.3. The molecule has 1 fully saturated rings. The van der Waals surface area contributed by atoms with Gasteiger partial charge in [-0.15, -0.1) is 0 Å². The van der Waals surface area contributed by atoms with Crippen LogP contribution in [0.3, 0.4) is 0 Å². The van der Waals surface area contributed by atoms with Gasteiger partial charge in [0.15, 0.2) is 9.84 Å². The van der Waals surface area contributed by atoms with Gasteiger partial charge in [0, 0.05) is 6.54 Å². The van der Waals surface area contributed by atoms with Crippen molar-refractivity contribution in [2.75, 3.05) is 13.1 Å². The average molecular weight is 567 g/mol. The number of nitrogens with zero attached hydrogens (tertiary/aromatic N) is 1. The lowest BCUT2D eigenvalue weighted by Crippen LogP contribution is -2.46. The van der Waals surface area contributed by atoms with E-state index in [4.69, 9.17) is 0 Å². The molecule has 2 N–H and O–H groups in total. The molecule has 6 nitrogen and oxygen atoms in total. The highest BCUT2D eigenvalue weighted by Crippen LogP contribution is 2.35. The Hall–Kier alpha value is -2.43. The molecular weight excluding hydrogens is 529 g/mol. The number of amides is 1. The summed E-state index contributed by atoms with van der Waals surface area (Å²) in [5, 5.41) is 13.8. The van der Waals surface area contributed by atoms with Crippen molar-refractivity contribution < 1.29 is 31.5 Å². The summed E-state index contributed by atoms with van der Waals surface area (Å²) in [5.41, 5.74) is 2.37. The molecule has 1 aliphatic heterocycles. The van der Waals surface area contributed by atoms with Crippen molar-refractivity contribution in [2.45, 2.75) is 93.3 Å². The fourth-order valence-electron chi connectivity index (χ4n) is 5.49. The quantitative estimate of drug-likeness (QED) is 0.460. The fourth-order valence-corrected chi connectivity index (χ4v) is 7.08. The first kappa shape index (κ1) is 29.6. The van der Waals surface area contributed by atoms with Gasteiger partial charge in [0.2, 0.25) is 5.91 Å². The van der Waals surface area contributed by atoms with Crippen LogP contribution in [0.4, 0.5) is 13.2 Å². The van der Waals surface area contributed by atoms with Crippen molar-refractivity contribution in [1.82, 2.24) is 10.2 Å². The summed E-state index contributed by atoms with van der Waals surface area (Å²) in [4.78, 5) is 14.8. The number of carbonyl (C=O) groups is 1. The number of piperidine rings is 1. The predicted octanol–water partition coefficient (Wildman–Crippen LogP) is 5.19. The van der Waals surface area contributed by atoms with Crippen LogP contribution < -0.4 is 5.32 Å². The number of sulfone groups is 1. The van der Waals surface area contributed by atoms with E-state index in [2.05, 4.69) is 28.4 Å². The van der Waals surface area contributed by atoms with Crippen LogP contribution >= 0.6 is 0 Å². The third kappa shape index (κ3) is 6.66. The van der Waals surface area contributed by atoms with E-state index in [1.54, 1.807) is 0 Å². The van der Waals surface area contributed by atoms with Gasteiger partial charge in [-0.2, -0.15) is 13.2 Å². The molecule has 2 atom stereocenters. The summed E-state index contributed by atoms with van der Waals surface area (Å²) in [5.74, 6) is -0.509. The van der Waals surface area contributed by atoms with Gasteiger partial charge in [0.05, 0.1) is 33.8 Å². The molecule has 2 aliphatic rings. The highest BCUT2D eigenvalue weighted by molar-refractivity contribution is 7.92. The molecular formula is C29H37F3N2O4S. The van der Waals surface area contributed by atoms with E-state index in [0.717, 1.165) is 62.7 Å². The maximum absolute atomic E-state index is 13.2. The molecule has 214 valence electrons. The Labute approximate surface area is 228 Å². The minimum atomic E-state index is -4.71. The second-order valence-corrected chi connectivity index (χ2v) is 13.8. The molecule has 1 unspecified atom stereocenters. The number of likely N-dealkylation sites (tertiary alicyclic amines) is 1. The predicted molar refractivity (Wildman–Crippen MR) is 143 cm³/mol. The van der Waals surface area contributed by atoms with Gasteiger partial charge in [0.1, 0.15) is 0 Å². The Morgan fingerprint density at radius 1 is 1.08 bits per heavy atom. The standard InChI is InChI=1S/C29H37F3N2O4S/c1-28(2,39(37,38)23-10-7-9-22(17-23)29(30,31)32)26(35)18-27(36)33-25-11-6-8-21-16-20(12-13-24(21)25)19-34-14-4-3-5-15-34/h7,9-10,12-13,16-17,25-26,35H,3-6,8,11,14-15,18-19H2,1-2H3,(H,33,36)/t25-,26?/m1/s1. The van der Waals surface area contributed by atoms with Gasteiger partial charge < -0.3 is 10.4 Å². The minimum Gasteiger partial charge on any atom is -0.391 e. The molecule has 2 aromatic rings. The SMILES string of the molecule is CC(C)(C(O)CC(=O)N[C@@H]1CCCc2cc(CN3CCCCC3)ccc21)S(=O)(=O)c1cccc(C(F)(F)F)c1. The number of aliphatic hydroxyl groups excluding tert-OH is 1. The van der Waals surface area contributed by atoms with Crippen molar-refractivity contribution in [3.05, 3.63) is 64.7 Å². The summed E-state index contributed by atoms with van der Waals surface area (Å²) in [6.07, 6.45) is -0.567. The van der Waals surface area contributed by atoms with Crippen LogP contribution in [0.1, 0.15) is 80.7 Å². The lowest BCUT2D eigenvalue weighted by atomic mass is 9.86. The third-order valence-electron chi connectivity index (χ3n) is 8.06. The van der Waals surface area contributed by atoms with Crippen molar-refractivity contribution in [3.8, 4) is 0 Å². The smallest absolute Gasteiger partial charge is 0.391 e. The van der Waals surface area contributed by atoms with Crippen LogP contribution in [0.15, 0.2) is 47.4 Å². The molecule has 0 saturated carbocycles. The number of hydrogen-bond acceptors (Lipinski definition) is 5. The summed E-state index contributed by atoms with van der Waals surface area (Å²) in [6.45, 7) is 5.57. The van der Waals surface area contributed by atoms with Gasteiger partial charge in [-0.25, -0.2) is 8.42 Å². The first-order valence-electron chi connectivity index (χ1n) is 13.5. The highest BCUT2D eigenvalue weighted by Gasteiger charge is 2.44. The third-order valence-corrected chi connectivity index (χ3v) is 10.6. The summed E-state index contributed by atoms with van der Waals surface area (Å²) in [7, 11) is -4.40. The number of rotatable bonds is 8. The van der Waals surface area contributed by atoms with E-state index in [-0.39, 0.29) is 6.04 Å². The molecule has 0 aromatic heterocycles. The molecule has 1 saturated heterocycles. The second-order valence-electron chi connectivity index (χ2n) is 11.2. The van der Waals surface area contributed by atoms with Crippen molar-refractivity contribution >= 4 is 15.7 Å². The number of carbonyl (C=O) groups excluding carboxylic acids is 1. The number of benzene rings is 2. The second kappa shape index (κ2) is 11.6. The van der Waals surface area contributed by atoms with Gasteiger partial charge >= 0.3 is 6.18 Å². The topological polar surface area (TPSA) is 86.7 Å². The Morgan fingerprint density at radius 2 is 1.79 bits per heavy atom. The van der Waals surface area contributed by atoms with E-state index in [0.29, 0.717) is 6.07 Å². The van der Waals surface area contributed by atoms with Gasteiger partial charge in [-0.3, -0.25) is 9.69 Å². The van der Waals surface area contributed by atoms with Crippen LogP contribution in [0.25, 0.3) is 0 Å². The Kier molecular flexibility index (Phi) is 8.78. The number of aryl methyl sites for hydroxylation is 1. The zero-order chi connectivity index (χ0) is 28.4. The van der Waals surface area contributed by atoms with Crippen molar-refractivity contribution in [1.29, 1.82) is 0 Å². The molecule has 1 aliphatic carbocycles. The van der Waals surface area contributed by atoms with E-state index in [1.165, 1.54) is 44.2 Å². The largest absolute Gasteiger partial charge is 0.416 e. The van der Waals surface area contributed by atoms with Crippen molar-refractivity contribution in [2.24, 2.45) is 0 Å². The molecule has 1 heterocycles. The zero-order valence-corrected chi connectivity index (χ0v) is 23.2. The van der Waals surface area contributed by atoms with Crippen LogP contribution in [0, 0.1) is 0 Å². The number of nitrogens with one attached hydrogen (secondary N) is 1. The number of alkyl halides is 3. The van der Waals surface area contributed by atoms with E-state index >= 15 is 0 Å². The average Bonchev–Trinajstić information content (AvgIpc) is 2.88. The van der Waals surface area contributed by atoms with E-state index in [9.17, 15) is 31.5 Å². The molecule has 0 bridgehead atoms. The Morgan fingerprint density at radius 3 is 2.49 bits per heavy atom.